The minimum Gasteiger partial charge on any atom is -0.313 e. The fourth-order valence-corrected chi connectivity index (χ4v) is 3.86. The Morgan fingerprint density at radius 3 is 2.24 bits per heavy atom. The Morgan fingerprint density at radius 1 is 1.10 bits per heavy atom. The number of hydrogen-bond donors (Lipinski definition) is 1. The van der Waals surface area contributed by atoms with Crippen molar-refractivity contribution in [2.24, 2.45) is 17.8 Å². The fourth-order valence-electron chi connectivity index (χ4n) is 3.86. The summed E-state index contributed by atoms with van der Waals surface area (Å²) in [5.41, 5.74) is 0.191. The molecule has 118 valence electrons. The van der Waals surface area contributed by atoms with Crippen molar-refractivity contribution in [2.45, 2.75) is 45.3 Å². The summed E-state index contributed by atoms with van der Waals surface area (Å²) in [5.74, 6) is 1.68. The Balaban J connectivity index is 2.25. The van der Waals surface area contributed by atoms with E-state index in [1.807, 2.05) is 7.05 Å². The molecule has 1 aromatic carbocycles. The zero-order chi connectivity index (χ0) is 15.6. The molecular weight excluding hydrogens is 275 g/mol. The van der Waals surface area contributed by atoms with Crippen LogP contribution in [0.4, 0.5) is 13.2 Å². The Morgan fingerprint density at radius 2 is 1.71 bits per heavy atom. The molecule has 21 heavy (non-hydrogen) atoms. The van der Waals surface area contributed by atoms with Crippen molar-refractivity contribution in [3.8, 4) is 0 Å². The van der Waals surface area contributed by atoms with Crippen LogP contribution in [0, 0.1) is 17.8 Å². The molecule has 1 aliphatic rings. The maximum atomic E-state index is 12.9. The van der Waals surface area contributed by atoms with E-state index in [1.54, 1.807) is 6.07 Å². The van der Waals surface area contributed by atoms with Crippen molar-refractivity contribution in [1.29, 1.82) is 0 Å². The Hall–Kier alpha value is -1.03. The van der Waals surface area contributed by atoms with Crippen molar-refractivity contribution in [1.82, 2.24) is 5.32 Å². The molecule has 4 heteroatoms. The van der Waals surface area contributed by atoms with Crippen molar-refractivity contribution >= 4 is 0 Å². The fraction of sp³-hybridized carbons (Fsp3) is 0.647. The highest BCUT2D eigenvalue weighted by molar-refractivity contribution is 5.28. The molecule has 0 heterocycles. The van der Waals surface area contributed by atoms with Crippen LogP contribution in [0.5, 0.6) is 0 Å². The molecule has 0 aromatic heterocycles. The largest absolute Gasteiger partial charge is 0.416 e. The van der Waals surface area contributed by atoms with Gasteiger partial charge in [0.15, 0.2) is 0 Å². The molecular formula is C17H24F3N. The monoisotopic (exact) mass is 299 g/mol. The van der Waals surface area contributed by atoms with E-state index < -0.39 is 11.7 Å². The lowest BCUT2D eigenvalue weighted by Gasteiger charge is -2.36. The van der Waals surface area contributed by atoms with Crippen LogP contribution in [-0.2, 0) is 6.18 Å². The lowest BCUT2D eigenvalue weighted by molar-refractivity contribution is -0.137. The molecule has 1 fully saturated rings. The average molecular weight is 299 g/mol. The highest BCUT2D eigenvalue weighted by atomic mass is 19.4. The summed E-state index contributed by atoms with van der Waals surface area (Å²) >= 11 is 0. The summed E-state index contributed by atoms with van der Waals surface area (Å²) in [6.07, 6.45) is -0.908. The highest BCUT2D eigenvalue weighted by Crippen LogP contribution is 2.40. The third-order valence-corrected chi connectivity index (χ3v) is 4.57. The molecule has 1 N–H and O–H groups in total. The Labute approximate surface area is 124 Å². The van der Waals surface area contributed by atoms with Crippen LogP contribution >= 0.6 is 0 Å². The molecule has 0 radical (unpaired) electrons. The van der Waals surface area contributed by atoms with Crippen LogP contribution in [0.2, 0.25) is 0 Å². The predicted octanol–water partition coefficient (Wildman–Crippen LogP) is 5.04. The number of hydrogen-bond acceptors (Lipinski definition) is 1. The van der Waals surface area contributed by atoms with E-state index in [9.17, 15) is 13.2 Å². The molecule has 0 bridgehead atoms. The van der Waals surface area contributed by atoms with Gasteiger partial charge in [-0.1, -0.05) is 26.0 Å². The maximum Gasteiger partial charge on any atom is 0.416 e. The number of rotatable bonds is 3. The number of halogens is 3. The van der Waals surface area contributed by atoms with Crippen molar-refractivity contribution in [3.63, 3.8) is 0 Å². The molecule has 3 unspecified atom stereocenters. The van der Waals surface area contributed by atoms with Gasteiger partial charge in [-0.15, -0.1) is 0 Å². The first kappa shape index (κ1) is 16.3. The minimum atomic E-state index is -4.28. The number of nitrogens with one attached hydrogen (secondary N) is 1. The highest BCUT2D eigenvalue weighted by Gasteiger charge is 2.33. The summed E-state index contributed by atoms with van der Waals surface area (Å²) in [6.45, 7) is 4.48. The minimum absolute atomic E-state index is 0.00231. The molecule has 1 nitrogen and oxygen atoms in total. The van der Waals surface area contributed by atoms with E-state index in [-0.39, 0.29) is 6.04 Å². The van der Waals surface area contributed by atoms with Gasteiger partial charge in [-0.2, -0.15) is 13.2 Å². The number of alkyl halides is 3. The zero-order valence-corrected chi connectivity index (χ0v) is 12.9. The molecule has 0 aliphatic heterocycles. The van der Waals surface area contributed by atoms with Gasteiger partial charge in [0.1, 0.15) is 0 Å². The first-order valence-electron chi connectivity index (χ1n) is 7.65. The molecule has 0 spiro atoms. The smallest absolute Gasteiger partial charge is 0.313 e. The van der Waals surface area contributed by atoms with E-state index in [1.165, 1.54) is 18.6 Å². The molecule has 2 rings (SSSR count). The zero-order valence-electron chi connectivity index (χ0n) is 12.9. The Kier molecular flexibility index (Phi) is 4.97. The predicted molar refractivity (Wildman–Crippen MR) is 78.9 cm³/mol. The lowest BCUT2D eigenvalue weighted by atomic mass is 9.72. The second-order valence-corrected chi connectivity index (χ2v) is 6.57. The van der Waals surface area contributed by atoms with Gasteiger partial charge >= 0.3 is 6.18 Å². The first-order valence-corrected chi connectivity index (χ1v) is 7.65. The molecule has 3 atom stereocenters. The SMILES string of the molecule is CNC(c1cccc(C(F)(F)F)c1)C1CC(C)CC(C)C1. The Bertz CT molecular complexity index is 459. The molecule has 1 aliphatic carbocycles. The molecule has 1 aromatic rings. The van der Waals surface area contributed by atoms with Crippen molar-refractivity contribution < 1.29 is 13.2 Å². The van der Waals surface area contributed by atoms with Crippen LogP contribution in [-0.4, -0.2) is 7.05 Å². The quantitative estimate of drug-likeness (QED) is 0.824. The molecule has 0 saturated heterocycles. The second-order valence-electron chi connectivity index (χ2n) is 6.57. The van der Waals surface area contributed by atoms with Crippen molar-refractivity contribution in [3.05, 3.63) is 35.4 Å². The summed E-state index contributed by atoms with van der Waals surface area (Å²) in [6, 6.07) is 5.75. The van der Waals surface area contributed by atoms with Gasteiger partial charge in [0.2, 0.25) is 0 Å². The van der Waals surface area contributed by atoms with Gasteiger partial charge in [0, 0.05) is 6.04 Å². The van der Waals surface area contributed by atoms with E-state index in [0.717, 1.165) is 24.5 Å². The maximum absolute atomic E-state index is 12.9. The molecule has 0 amide bonds. The van der Waals surface area contributed by atoms with Gasteiger partial charge in [-0.3, -0.25) is 0 Å². The van der Waals surface area contributed by atoms with E-state index in [0.29, 0.717) is 17.8 Å². The van der Waals surface area contributed by atoms with Gasteiger partial charge in [-0.05, 0) is 61.8 Å². The number of benzene rings is 1. The lowest BCUT2D eigenvalue weighted by Crippen LogP contribution is -2.31. The summed E-state index contributed by atoms with van der Waals surface area (Å²) in [5, 5.41) is 3.24. The van der Waals surface area contributed by atoms with Gasteiger partial charge < -0.3 is 5.32 Å². The third-order valence-electron chi connectivity index (χ3n) is 4.57. The van der Waals surface area contributed by atoms with Gasteiger partial charge in [-0.25, -0.2) is 0 Å². The summed E-state index contributed by atoms with van der Waals surface area (Å²) in [7, 11) is 1.84. The normalized spacial score (nSPS) is 28.4. The van der Waals surface area contributed by atoms with Crippen LogP contribution in [0.3, 0.4) is 0 Å². The first-order chi connectivity index (χ1) is 9.81. The van der Waals surface area contributed by atoms with Crippen LogP contribution < -0.4 is 5.32 Å². The van der Waals surface area contributed by atoms with Gasteiger partial charge in [0.25, 0.3) is 0 Å². The van der Waals surface area contributed by atoms with Crippen molar-refractivity contribution in [2.75, 3.05) is 7.05 Å². The topological polar surface area (TPSA) is 12.0 Å². The third kappa shape index (κ3) is 4.00. The van der Waals surface area contributed by atoms with Crippen LogP contribution in [0.25, 0.3) is 0 Å². The summed E-state index contributed by atoms with van der Waals surface area (Å²) in [4.78, 5) is 0. The van der Waals surface area contributed by atoms with Crippen LogP contribution in [0.15, 0.2) is 24.3 Å². The second kappa shape index (κ2) is 6.39. The van der Waals surface area contributed by atoms with E-state index >= 15 is 0 Å². The average Bonchev–Trinajstić information content (AvgIpc) is 2.38. The summed E-state index contributed by atoms with van der Waals surface area (Å²) < 4.78 is 38.6. The van der Waals surface area contributed by atoms with Gasteiger partial charge in [0.05, 0.1) is 5.56 Å². The van der Waals surface area contributed by atoms with E-state index in [4.69, 9.17) is 0 Å². The van der Waals surface area contributed by atoms with Crippen LogP contribution in [0.1, 0.15) is 50.3 Å². The van der Waals surface area contributed by atoms with E-state index in [2.05, 4.69) is 19.2 Å². The molecule has 1 saturated carbocycles. The standard InChI is InChI=1S/C17H24F3N/c1-11-7-12(2)9-14(8-11)16(21-3)13-5-4-6-15(10-13)17(18,19)20/h4-6,10-12,14,16,21H,7-9H2,1-3H3.